The van der Waals surface area contributed by atoms with Gasteiger partial charge >= 0.3 is 0 Å². The SMILES string of the molecule is CC1(C)OC2CCOC(CN/C=C(\N)CN(CCN(Cc3ccccn3)Cc3ccccn3)Cc3ccccn3)C2O1. The third kappa shape index (κ3) is 9.04. The van der Waals surface area contributed by atoms with Crippen molar-refractivity contribution >= 4 is 0 Å². The molecule has 3 unspecified atom stereocenters. The number of rotatable bonds is 14. The lowest BCUT2D eigenvalue weighted by atomic mass is 10.0. The van der Waals surface area contributed by atoms with Gasteiger partial charge < -0.3 is 25.3 Å². The summed E-state index contributed by atoms with van der Waals surface area (Å²) in [6.45, 7) is 9.52. The van der Waals surface area contributed by atoms with E-state index in [0.29, 0.717) is 26.2 Å². The zero-order valence-electron chi connectivity index (χ0n) is 24.6. The summed E-state index contributed by atoms with van der Waals surface area (Å²) in [5.74, 6) is -0.580. The highest BCUT2D eigenvalue weighted by molar-refractivity contribution is 5.08. The van der Waals surface area contributed by atoms with Crippen LogP contribution in [0.3, 0.4) is 0 Å². The van der Waals surface area contributed by atoms with Gasteiger partial charge in [-0.05, 0) is 56.7 Å². The van der Waals surface area contributed by atoms with Crippen molar-refractivity contribution in [3.8, 4) is 0 Å². The van der Waals surface area contributed by atoms with E-state index in [2.05, 4.69) is 42.2 Å². The second kappa shape index (κ2) is 14.7. The van der Waals surface area contributed by atoms with Gasteiger partial charge in [-0.2, -0.15) is 0 Å². The van der Waals surface area contributed by atoms with Crippen LogP contribution in [0.5, 0.6) is 0 Å². The van der Waals surface area contributed by atoms with Gasteiger partial charge in [-0.25, -0.2) is 0 Å². The van der Waals surface area contributed by atoms with Crippen LogP contribution in [0.2, 0.25) is 0 Å². The number of fused-ring (bicyclic) bond motifs is 1. The molecule has 3 aromatic rings. The number of nitrogens with zero attached hydrogens (tertiary/aromatic N) is 5. The van der Waals surface area contributed by atoms with E-state index in [9.17, 15) is 0 Å². The highest BCUT2D eigenvalue weighted by atomic mass is 16.8. The van der Waals surface area contributed by atoms with Crippen molar-refractivity contribution < 1.29 is 14.2 Å². The van der Waals surface area contributed by atoms with Crippen molar-refractivity contribution in [3.63, 3.8) is 0 Å². The Morgan fingerprint density at radius 3 is 2.02 bits per heavy atom. The van der Waals surface area contributed by atoms with Crippen molar-refractivity contribution in [1.82, 2.24) is 30.1 Å². The van der Waals surface area contributed by atoms with Gasteiger partial charge in [-0.1, -0.05) is 18.2 Å². The average molecular weight is 574 g/mol. The Bertz CT molecular complexity index is 1210. The fourth-order valence-electron chi connectivity index (χ4n) is 5.49. The molecule has 0 bridgehead atoms. The van der Waals surface area contributed by atoms with Crippen LogP contribution in [0.15, 0.2) is 85.1 Å². The number of nitrogens with one attached hydrogen (secondary N) is 1. The topological polar surface area (TPSA) is 111 Å². The second-order valence-electron chi connectivity index (χ2n) is 11.3. The summed E-state index contributed by atoms with van der Waals surface area (Å²) in [5.41, 5.74) is 10.4. The minimum atomic E-state index is -0.580. The summed E-state index contributed by atoms with van der Waals surface area (Å²) >= 11 is 0. The largest absolute Gasteiger partial charge is 0.400 e. The molecule has 0 spiro atoms. The van der Waals surface area contributed by atoms with Gasteiger partial charge in [0.2, 0.25) is 0 Å². The van der Waals surface area contributed by atoms with E-state index in [1.807, 2.05) is 81.1 Å². The number of hydrogen-bond donors (Lipinski definition) is 2. The molecule has 3 atom stereocenters. The molecule has 5 heterocycles. The molecule has 2 fully saturated rings. The van der Waals surface area contributed by atoms with Crippen LogP contribution >= 0.6 is 0 Å². The summed E-state index contributed by atoms with van der Waals surface area (Å²) in [6.07, 6.45) is 8.14. The third-order valence-electron chi connectivity index (χ3n) is 7.40. The van der Waals surface area contributed by atoms with Gasteiger partial charge in [0.1, 0.15) is 12.2 Å². The maximum absolute atomic E-state index is 6.55. The van der Waals surface area contributed by atoms with Crippen LogP contribution in [0.1, 0.15) is 37.4 Å². The van der Waals surface area contributed by atoms with Crippen molar-refractivity contribution in [2.75, 3.05) is 32.8 Å². The number of aromatic nitrogens is 3. The predicted molar refractivity (Wildman–Crippen MR) is 161 cm³/mol. The Morgan fingerprint density at radius 1 is 0.881 bits per heavy atom. The van der Waals surface area contributed by atoms with Gasteiger partial charge in [-0.15, -0.1) is 0 Å². The van der Waals surface area contributed by atoms with Crippen molar-refractivity contribution in [1.29, 1.82) is 0 Å². The van der Waals surface area contributed by atoms with Crippen LogP contribution in [0, 0.1) is 0 Å². The van der Waals surface area contributed by atoms with Gasteiger partial charge in [0, 0.05) is 82.9 Å². The van der Waals surface area contributed by atoms with Crippen molar-refractivity contribution in [3.05, 3.63) is 102 Å². The summed E-state index contributed by atoms with van der Waals surface area (Å²) < 4.78 is 18.2. The summed E-state index contributed by atoms with van der Waals surface area (Å²) in [5, 5.41) is 3.38. The predicted octanol–water partition coefficient (Wildman–Crippen LogP) is 3.07. The average Bonchev–Trinajstić information content (AvgIpc) is 3.32. The molecule has 0 amide bonds. The number of pyridine rings is 3. The molecule has 3 aromatic heterocycles. The highest BCUT2D eigenvalue weighted by Gasteiger charge is 2.47. The Balaban J connectivity index is 1.21. The van der Waals surface area contributed by atoms with Gasteiger partial charge in [0.15, 0.2) is 5.79 Å². The zero-order chi connectivity index (χ0) is 29.2. The van der Waals surface area contributed by atoms with Crippen LogP contribution in [-0.2, 0) is 33.8 Å². The fraction of sp³-hybridized carbons (Fsp3) is 0.469. The van der Waals surface area contributed by atoms with E-state index in [4.69, 9.17) is 19.9 Å². The quantitative estimate of drug-likeness (QED) is 0.299. The van der Waals surface area contributed by atoms with Crippen LogP contribution < -0.4 is 11.1 Å². The fourth-order valence-corrected chi connectivity index (χ4v) is 5.49. The molecule has 42 heavy (non-hydrogen) atoms. The molecule has 3 N–H and O–H groups in total. The molecular weight excluding hydrogens is 530 g/mol. The van der Waals surface area contributed by atoms with E-state index in [-0.39, 0.29) is 18.3 Å². The molecule has 0 aliphatic carbocycles. The summed E-state index contributed by atoms with van der Waals surface area (Å²) in [6, 6.07) is 18.1. The highest BCUT2D eigenvalue weighted by Crippen LogP contribution is 2.34. The van der Waals surface area contributed by atoms with E-state index in [0.717, 1.165) is 55.4 Å². The minimum Gasteiger partial charge on any atom is -0.400 e. The maximum atomic E-state index is 6.55. The summed E-state index contributed by atoms with van der Waals surface area (Å²) in [4.78, 5) is 18.4. The van der Waals surface area contributed by atoms with Crippen LogP contribution in [0.25, 0.3) is 0 Å². The van der Waals surface area contributed by atoms with Gasteiger partial charge in [0.25, 0.3) is 0 Å². The monoisotopic (exact) mass is 573 g/mol. The lowest BCUT2D eigenvalue weighted by molar-refractivity contribution is -0.153. The van der Waals surface area contributed by atoms with E-state index in [1.165, 1.54) is 0 Å². The molecule has 224 valence electrons. The number of ether oxygens (including phenoxy) is 3. The van der Waals surface area contributed by atoms with Crippen molar-refractivity contribution in [2.24, 2.45) is 5.73 Å². The van der Waals surface area contributed by atoms with Gasteiger partial charge in [0.05, 0.1) is 23.2 Å². The molecule has 10 nitrogen and oxygen atoms in total. The smallest absolute Gasteiger partial charge is 0.163 e. The molecule has 0 aromatic carbocycles. The number of hydrogen-bond acceptors (Lipinski definition) is 10. The Kier molecular flexibility index (Phi) is 10.5. The molecule has 2 aliphatic heterocycles. The molecule has 10 heteroatoms. The standard InChI is InChI=1S/C32H43N7O3/c1-32(2)41-29-12-18-40-30(31(29)42-32)20-34-19-25(33)21-38(22-26-9-3-6-13-35-26)16-17-39(23-27-10-4-7-14-36-27)24-28-11-5-8-15-37-28/h3-11,13-15,19,29-31,34H,12,16-18,20-24,33H2,1-2H3/b25-19-. The van der Waals surface area contributed by atoms with Gasteiger partial charge in [-0.3, -0.25) is 24.8 Å². The Labute approximate surface area is 248 Å². The molecule has 2 saturated heterocycles. The number of nitrogens with two attached hydrogens (primary N) is 1. The lowest BCUT2D eigenvalue weighted by Crippen LogP contribution is -2.47. The zero-order valence-corrected chi connectivity index (χ0v) is 24.6. The third-order valence-corrected chi connectivity index (χ3v) is 7.40. The lowest BCUT2D eigenvalue weighted by Gasteiger charge is -2.31. The van der Waals surface area contributed by atoms with Crippen LogP contribution in [-0.4, -0.2) is 81.6 Å². The summed E-state index contributed by atoms with van der Waals surface area (Å²) in [7, 11) is 0. The van der Waals surface area contributed by atoms with E-state index < -0.39 is 5.79 Å². The van der Waals surface area contributed by atoms with E-state index in [1.54, 1.807) is 0 Å². The Morgan fingerprint density at radius 2 is 1.45 bits per heavy atom. The maximum Gasteiger partial charge on any atom is 0.163 e. The van der Waals surface area contributed by atoms with E-state index >= 15 is 0 Å². The molecular formula is C32H43N7O3. The first kappa shape index (κ1) is 30.1. The normalized spacial score (nSPS) is 21.9. The molecule has 5 rings (SSSR count). The minimum absolute atomic E-state index is 0.0656. The first-order valence-electron chi connectivity index (χ1n) is 14.7. The van der Waals surface area contributed by atoms with Crippen molar-refractivity contribution in [2.45, 2.75) is 64.0 Å². The molecule has 0 radical (unpaired) electrons. The Hall–Kier alpha value is -3.41. The second-order valence-corrected chi connectivity index (χ2v) is 11.3. The molecule has 2 aliphatic rings. The molecule has 0 saturated carbocycles. The first-order valence-corrected chi connectivity index (χ1v) is 14.7. The van der Waals surface area contributed by atoms with Crippen LogP contribution in [0.4, 0.5) is 0 Å². The first-order chi connectivity index (χ1) is 20.4.